The zero-order valence-corrected chi connectivity index (χ0v) is 14.4. The van der Waals surface area contributed by atoms with E-state index in [9.17, 15) is 14.4 Å². The van der Waals surface area contributed by atoms with Crippen LogP contribution in [0, 0.1) is 6.92 Å². The molecule has 1 fully saturated rings. The van der Waals surface area contributed by atoms with Crippen LogP contribution in [0.2, 0.25) is 0 Å². The second-order valence-corrected chi connectivity index (χ2v) is 5.95. The zero-order valence-electron chi connectivity index (χ0n) is 14.4. The van der Waals surface area contributed by atoms with Crippen molar-refractivity contribution in [1.29, 1.82) is 0 Å². The van der Waals surface area contributed by atoms with E-state index in [-0.39, 0.29) is 24.3 Å². The molecule has 130 valence electrons. The van der Waals surface area contributed by atoms with Crippen LogP contribution in [0.5, 0.6) is 0 Å². The summed E-state index contributed by atoms with van der Waals surface area (Å²) in [7, 11) is 0. The Morgan fingerprint density at radius 3 is 2.25 bits per heavy atom. The minimum atomic E-state index is -0.130. The van der Waals surface area contributed by atoms with Gasteiger partial charge in [0.05, 0.1) is 6.54 Å². The number of nitrogens with one attached hydrogen (secondary N) is 2. The summed E-state index contributed by atoms with van der Waals surface area (Å²) in [6.45, 7) is 7.39. The lowest BCUT2D eigenvalue weighted by molar-refractivity contribution is -0.137. The SMILES string of the molecule is CC(=O)Nc1cc(NCC(=O)N2CCN(C(C)=O)CC2)ccc1C. The molecule has 2 rings (SSSR count). The summed E-state index contributed by atoms with van der Waals surface area (Å²) in [5.74, 6) is -0.0834. The topological polar surface area (TPSA) is 81.8 Å². The summed E-state index contributed by atoms with van der Waals surface area (Å²) in [6.07, 6.45) is 0. The molecule has 24 heavy (non-hydrogen) atoms. The van der Waals surface area contributed by atoms with Gasteiger partial charge in [0.25, 0.3) is 0 Å². The van der Waals surface area contributed by atoms with E-state index in [1.807, 2.05) is 25.1 Å². The Morgan fingerprint density at radius 1 is 1.04 bits per heavy atom. The third kappa shape index (κ3) is 4.71. The van der Waals surface area contributed by atoms with Crippen molar-refractivity contribution in [1.82, 2.24) is 9.80 Å². The zero-order chi connectivity index (χ0) is 17.7. The van der Waals surface area contributed by atoms with E-state index >= 15 is 0 Å². The van der Waals surface area contributed by atoms with Crippen LogP contribution in [0.1, 0.15) is 19.4 Å². The van der Waals surface area contributed by atoms with Crippen molar-refractivity contribution in [2.45, 2.75) is 20.8 Å². The van der Waals surface area contributed by atoms with Gasteiger partial charge in [-0.15, -0.1) is 0 Å². The first-order valence-corrected chi connectivity index (χ1v) is 8.02. The Morgan fingerprint density at radius 2 is 1.67 bits per heavy atom. The Kier molecular flexibility index (Phi) is 5.78. The number of benzene rings is 1. The summed E-state index contributed by atoms with van der Waals surface area (Å²) in [4.78, 5) is 38.3. The van der Waals surface area contributed by atoms with Crippen molar-refractivity contribution in [3.63, 3.8) is 0 Å². The quantitative estimate of drug-likeness (QED) is 0.864. The Balaban J connectivity index is 1.88. The average Bonchev–Trinajstić information content (AvgIpc) is 2.55. The van der Waals surface area contributed by atoms with Crippen molar-refractivity contribution >= 4 is 29.1 Å². The largest absolute Gasteiger partial charge is 0.376 e. The highest BCUT2D eigenvalue weighted by Gasteiger charge is 2.21. The summed E-state index contributed by atoms with van der Waals surface area (Å²) in [5.41, 5.74) is 2.47. The van der Waals surface area contributed by atoms with Crippen molar-refractivity contribution in [2.75, 3.05) is 43.4 Å². The molecule has 3 amide bonds. The van der Waals surface area contributed by atoms with Gasteiger partial charge in [-0.1, -0.05) is 6.07 Å². The molecule has 0 bridgehead atoms. The molecule has 1 aromatic rings. The lowest BCUT2D eigenvalue weighted by Gasteiger charge is -2.34. The number of carbonyl (C=O) groups is 3. The molecule has 0 aliphatic carbocycles. The molecule has 1 heterocycles. The van der Waals surface area contributed by atoms with E-state index in [1.54, 1.807) is 16.7 Å². The monoisotopic (exact) mass is 332 g/mol. The summed E-state index contributed by atoms with van der Waals surface area (Å²) < 4.78 is 0. The number of rotatable bonds is 4. The van der Waals surface area contributed by atoms with Gasteiger partial charge in [-0.2, -0.15) is 0 Å². The van der Waals surface area contributed by atoms with E-state index in [0.29, 0.717) is 26.2 Å². The third-order valence-corrected chi connectivity index (χ3v) is 4.07. The number of amides is 3. The molecule has 7 nitrogen and oxygen atoms in total. The fourth-order valence-corrected chi connectivity index (χ4v) is 2.62. The van der Waals surface area contributed by atoms with Gasteiger partial charge >= 0.3 is 0 Å². The number of anilines is 2. The molecule has 1 aliphatic heterocycles. The van der Waals surface area contributed by atoms with Crippen LogP contribution < -0.4 is 10.6 Å². The smallest absolute Gasteiger partial charge is 0.241 e. The van der Waals surface area contributed by atoms with Gasteiger partial charge in [0.2, 0.25) is 17.7 Å². The molecule has 7 heteroatoms. The predicted molar refractivity (Wildman–Crippen MR) is 92.8 cm³/mol. The van der Waals surface area contributed by atoms with Crippen LogP contribution in [0.4, 0.5) is 11.4 Å². The van der Waals surface area contributed by atoms with Crippen LogP contribution in [-0.2, 0) is 14.4 Å². The van der Waals surface area contributed by atoms with E-state index < -0.39 is 0 Å². The summed E-state index contributed by atoms with van der Waals surface area (Å²) in [5, 5.41) is 5.86. The number of hydrogen-bond acceptors (Lipinski definition) is 4. The highest BCUT2D eigenvalue weighted by Crippen LogP contribution is 2.20. The highest BCUT2D eigenvalue weighted by molar-refractivity contribution is 5.90. The van der Waals surface area contributed by atoms with Crippen LogP contribution in [-0.4, -0.2) is 60.2 Å². The first-order chi connectivity index (χ1) is 11.4. The molecule has 1 aromatic carbocycles. The third-order valence-electron chi connectivity index (χ3n) is 4.07. The van der Waals surface area contributed by atoms with E-state index in [1.165, 1.54) is 6.92 Å². The van der Waals surface area contributed by atoms with Crippen LogP contribution in [0.15, 0.2) is 18.2 Å². The van der Waals surface area contributed by atoms with Crippen LogP contribution in [0.25, 0.3) is 0 Å². The maximum atomic E-state index is 12.3. The average molecular weight is 332 g/mol. The van der Waals surface area contributed by atoms with Gasteiger partial charge in [-0.25, -0.2) is 0 Å². The number of aryl methyl sites for hydroxylation is 1. The first kappa shape index (κ1) is 17.8. The Labute approximate surface area is 142 Å². The van der Waals surface area contributed by atoms with Gasteiger partial charge in [0.1, 0.15) is 0 Å². The maximum absolute atomic E-state index is 12.3. The molecule has 0 saturated carbocycles. The lowest BCUT2D eigenvalue weighted by atomic mass is 10.1. The lowest BCUT2D eigenvalue weighted by Crippen LogP contribution is -2.51. The van der Waals surface area contributed by atoms with E-state index in [0.717, 1.165) is 16.9 Å². The van der Waals surface area contributed by atoms with Gasteiger partial charge in [-0.05, 0) is 24.6 Å². The number of nitrogens with zero attached hydrogens (tertiary/aromatic N) is 2. The van der Waals surface area contributed by atoms with Gasteiger partial charge in [0.15, 0.2) is 0 Å². The van der Waals surface area contributed by atoms with Gasteiger partial charge in [-0.3, -0.25) is 14.4 Å². The molecule has 2 N–H and O–H groups in total. The molecule has 0 aromatic heterocycles. The van der Waals surface area contributed by atoms with Gasteiger partial charge in [0, 0.05) is 51.4 Å². The Bertz CT molecular complexity index is 637. The minimum Gasteiger partial charge on any atom is -0.376 e. The minimum absolute atomic E-state index is 0.000135. The second-order valence-electron chi connectivity index (χ2n) is 5.95. The number of piperazine rings is 1. The maximum Gasteiger partial charge on any atom is 0.241 e. The van der Waals surface area contributed by atoms with Crippen molar-refractivity contribution in [2.24, 2.45) is 0 Å². The predicted octanol–water partition coefficient (Wildman–Crippen LogP) is 1.06. The summed E-state index contributed by atoms with van der Waals surface area (Å²) >= 11 is 0. The van der Waals surface area contributed by atoms with E-state index in [2.05, 4.69) is 10.6 Å². The van der Waals surface area contributed by atoms with Crippen LogP contribution >= 0.6 is 0 Å². The molecule has 0 radical (unpaired) electrons. The van der Waals surface area contributed by atoms with Crippen molar-refractivity contribution in [3.05, 3.63) is 23.8 Å². The molecular weight excluding hydrogens is 308 g/mol. The number of carbonyl (C=O) groups excluding carboxylic acids is 3. The second kappa shape index (κ2) is 7.81. The highest BCUT2D eigenvalue weighted by atomic mass is 16.2. The van der Waals surface area contributed by atoms with Crippen molar-refractivity contribution < 1.29 is 14.4 Å². The molecule has 1 saturated heterocycles. The molecule has 0 unspecified atom stereocenters. The molecular formula is C17H24N4O3. The number of hydrogen-bond donors (Lipinski definition) is 2. The van der Waals surface area contributed by atoms with Gasteiger partial charge < -0.3 is 20.4 Å². The molecule has 0 spiro atoms. The first-order valence-electron chi connectivity index (χ1n) is 8.02. The summed E-state index contributed by atoms with van der Waals surface area (Å²) in [6, 6.07) is 5.59. The molecule has 0 atom stereocenters. The Hall–Kier alpha value is -2.57. The standard InChI is InChI=1S/C17H24N4O3/c1-12-4-5-15(10-16(12)19-13(2)22)18-11-17(24)21-8-6-20(7-9-21)14(3)23/h4-5,10,18H,6-9,11H2,1-3H3,(H,19,22). The van der Waals surface area contributed by atoms with E-state index in [4.69, 9.17) is 0 Å². The molecule has 1 aliphatic rings. The normalized spacial score (nSPS) is 14.3. The van der Waals surface area contributed by atoms with Crippen LogP contribution in [0.3, 0.4) is 0 Å². The van der Waals surface area contributed by atoms with Crippen molar-refractivity contribution in [3.8, 4) is 0 Å². The fourth-order valence-electron chi connectivity index (χ4n) is 2.62. The fraction of sp³-hybridized carbons (Fsp3) is 0.471.